The van der Waals surface area contributed by atoms with E-state index in [1.807, 2.05) is 0 Å². The molecule has 148 valence electrons. The maximum atomic E-state index is 9.40. The van der Waals surface area contributed by atoms with Crippen LogP contribution in [0.5, 0.6) is 40.2 Å². The van der Waals surface area contributed by atoms with Crippen LogP contribution in [0, 0.1) is 0 Å². The summed E-state index contributed by atoms with van der Waals surface area (Å²) >= 11 is 0. The van der Waals surface area contributed by atoms with E-state index in [9.17, 15) is 10.2 Å². The molecule has 0 amide bonds. The predicted molar refractivity (Wildman–Crippen MR) is 101 cm³/mol. The van der Waals surface area contributed by atoms with Crippen LogP contribution in [-0.2, 0) is 0 Å². The Hall–Kier alpha value is -2.96. The number of unbranched alkanes of at least 4 members (excludes halogenated alkanes) is 2. The standard InChI is InChI=1S/C20H26O7/c1-23-18-12-17(13-19(24-2)20(18)25-3)27-8-6-4-5-7-26-16-10-14(21)9-15(22)11-16/h9-13,21-22H,4-8H2,1-3H3. The molecule has 0 aliphatic heterocycles. The third-order valence-corrected chi connectivity index (χ3v) is 3.84. The molecule has 2 aromatic carbocycles. The Morgan fingerprint density at radius 2 is 1.11 bits per heavy atom. The van der Waals surface area contributed by atoms with Crippen molar-refractivity contribution in [3.63, 3.8) is 0 Å². The Labute approximate surface area is 159 Å². The van der Waals surface area contributed by atoms with Gasteiger partial charge in [0.15, 0.2) is 11.5 Å². The van der Waals surface area contributed by atoms with Gasteiger partial charge >= 0.3 is 0 Å². The number of aromatic hydroxyl groups is 2. The molecule has 7 heteroatoms. The van der Waals surface area contributed by atoms with Crippen LogP contribution in [0.2, 0.25) is 0 Å². The summed E-state index contributed by atoms with van der Waals surface area (Å²) in [5.74, 6) is 2.68. The summed E-state index contributed by atoms with van der Waals surface area (Å²) in [6.07, 6.45) is 2.59. The van der Waals surface area contributed by atoms with E-state index in [0.29, 0.717) is 42.0 Å². The highest BCUT2D eigenvalue weighted by molar-refractivity contribution is 5.55. The molecule has 0 aromatic heterocycles. The third-order valence-electron chi connectivity index (χ3n) is 3.84. The van der Waals surface area contributed by atoms with Crippen LogP contribution in [0.3, 0.4) is 0 Å². The molecule has 7 nitrogen and oxygen atoms in total. The molecular formula is C20H26O7. The van der Waals surface area contributed by atoms with Crippen LogP contribution in [0.15, 0.2) is 30.3 Å². The number of phenolic OH excluding ortho intramolecular Hbond substituents is 2. The minimum atomic E-state index is -0.0243. The van der Waals surface area contributed by atoms with Gasteiger partial charge in [0.05, 0.1) is 34.5 Å². The van der Waals surface area contributed by atoms with Gasteiger partial charge < -0.3 is 33.9 Å². The molecule has 0 saturated carbocycles. The van der Waals surface area contributed by atoms with Gasteiger partial charge in [0.1, 0.15) is 23.0 Å². The lowest BCUT2D eigenvalue weighted by Gasteiger charge is -2.14. The lowest BCUT2D eigenvalue weighted by atomic mass is 10.2. The fraction of sp³-hybridized carbons (Fsp3) is 0.400. The maximum Gasteiger partial charge on any atom is 0.203 e. The molecule has 0 aliphatic rings. The summed E-state index contributed by atoms with van der Waals surface area (Å²) in [7, 11) is 4.68. The van der Waals surface area contributed by atoms with E-state index in [2.05, 4.69) is 0 Å². The second kappa shape index (κ2) is 10.3. The van der Waals surface area contributed by atoms with Crippen LogP contribution >= 0.6 is 0 Å². The molecule has 0 radical (unpaired) electrons. The van der Waals surface area contributed by atoms with E-state index in [0.717, 1.165) is 19.3 Å². The van der Waals surface area contributed by atoms with Crippen LogP contribution in [-0.4, -0.2) is 44.8 Å². The fourth-order valence-corrected chi connectivity index (χ4v) is 2.55. The Morgan fingerprint density at radius 1 is 0.630 bits per heavy atom. The van der Waals surface area contributed by atoms with Gasteiger partial charge in [-0.1, -0.05) is 0 Å². The van der Waals surface area contributed by atoms with Gasteiger partial charge in [-0.3, -0.25) is 0 Å². The first kappa shape index (κ1) is 20.4. The molecule has 0 aliphatic carbocycles. The first-order valence-corrected chi connectivity index (χ1v) is 8.66. The van der Waals surface area contributed by atoms with Crippen LogP contribution in [0.25, 0.3) is 0 Å². The van der Waals surface area contributed by atoms with Gasteiger partial charge in [-0.25, -0.2) is 0 Å². The molecule has 0 atom stereocenters. The van der Waals surface area contributed by atoms with E-state index < -0.39 is 0 Å². The molecule has 0 saturated heterocycles. The molecule has 2 aromatic rings. The van der Waals surface area contributed by atoms with Gasteiger partial charge in [0.25, 0.3) is 0 Å². The number of benzene rings is 2. The smallest absolute Gasteiger partial charge is 0.203 e. The number of phenols is 2. The lowest BCUT2D eigenvalue weighted by Crippen LogP contribution is -2.02. The molecule has 0 fully saturated rings. The monoisotopic (exact) mass is 378 g/mol. The highest BCUT2D eigenvalue weighted by Crippen LogP contribution is 2.40. The van der Waals surface area contributed by atoms with Gasteiger partial charge in [0, 0.05) is 30.3 Å². The number of ether oxygens (including phenoxy) is 5. The Kier molecular flexibility index (Phi) is 7.73. The van der Waals surface area contributed by atoms with Crippen molar-refractivity contribution < 1.29 is 33.9 Å². The zero-order valence-electron chi connectivity index (χ0n) is 15.9. The minimum Gasteiger partial charge on any atom is -0.508 e. The predicted octanol–water partition coefficient (Wildman–Crippen LogP) is 3.75. The SMILES string of the molecule is COc1cc(OCCCCCOc2cc(O)cc(O)c2)cc(OC)c1OC. The molecule has 2 rings (SSSR count). The van der Waals surface area contributed by atoms with E-state index in [4.69, 9.17) is 23.7 Å². The van der Waals surface area contributed by atoms with Crippen molar-refractivity contribution in [2.75, 3.05) is 34.5 Å². The third kappa shape index (κ3) is 6.06. The summed E-state index contributed by atoms with van der Waals surface area (Å²) in [5.41, 5.74) is 0. The topological polar surface area (TPSA) is 86.6 Å². The average molecular weight is 378 g/mol. The van der Waals surface area contributed by atoms with Crippen molar-refractivity contribution in [1.82, 2.24) is 0 Å². The second-order valence-corrected chi connectivity index (χ2v) is 5.80. The van der Waals surface area contributed by atoms with Gasteiger partial charge in [-0.2, -0.15) is 0 Å². The molecule has 0 bridgehead atoms. The molecule has 0 spiro atoms. The largest absolute Gasteiger partial charge is 0.508 e. The summed E-state index contributed by atoms with van der Waals surface area (Å²) in [6.45, 7) is 1.04. The van der Waals surface area contributed by atoms with Crippen LogP contribution in [0.4, 0.5) is 0 Å². The van der Waals surface area contributed by atoms with Crippen molar-refractivity contribution >= 4 is 0 Å². The van der Waals surface area contributed by atoms with Crippen molar-refractivity contribution in [1.29, 1.82) is 0 Å². The number of methoxy groups -OCH3 is 3. The Morgan fingerprint density at radius 3 is 1.56 bits per heavy atom. The normalized spacial score (nSPS) is 10.3. The first-order valence-electron chi connectivity index (χ1n) is 8.66. The number of rotatable bonds is 11. The van der Waals surface area contributed by atoms with Crippen LogP contribution < -0.4 is 23.7 Å². The summed E-state index contributed by atoms with van der Waals surface area (Å²) in [5, 5.41) is 18.8. The van der Waals surface area contributed by atoms with Crippen molar-refractivity contribution in [3.8, 4) is 40.2 Å². The molecule has 2 N–H and O–H groups in total. The van der Waals surface area contributed by atoms with E-state index >= 15 is 0 Å². The average Bonchev–Trinajstić information content (AvgIpc) is 2.65. The quantitative estimate of drug-likeness (QED) is 0.576. The van der Waals surface area contributed by atoms with Gasteiger partial charge in [-0.05, 0) is 19.3 Å². The second-order valence-electron chi connectivity index (χ2n) is 5.80. The van der Waals surface area contributed by atoms with Crippen molar-refractivity contribution in [3.05, 3.63) is 30.3 Å². The van der Waals surface area contributed by atoms with E-state index in [-0.39, 0.29) is 11.5 Å². The van der Waals surface area contributed by atoms with Gasteiger partial charge in [-0.15, -0.1) is 0 Å². The molecule has 0 unspecified atom stereocenters. The van der Waals surface area contributed by atoms with E-state index in [1.165, 1.54) is 18.2 Å². The summed E-state index contributed by atoms with van der Waals surface area (Å²) < 4.78 is 27.2. The highest BCUT2D eigenvalue weighted by Gasteiger charge is 2.13. The first-order chi connectivity index (χ1) is 13.1. The van der Waals surface area contributed by atoms with Crippen molar-refractivity contribution in [2.24, 2.45) is 0 Å². The van der Waals surface area contributed by atoms with Crippen LogP contribution in [0.1, 0.15) is 19.3 Å². The zero-order valence-corrected chi connectivity index (χ0v) is 15.9. The maximum absolute atomic E-state index is 9.40. The lowest BCUT2D eigenvalue weighted by molar-refractivity contribution is 0.274. The fourth-order valence-electron chi connectivity index (χ4n) is 2.55. The summed E-state index contributed by atoms with van der Waals surface area (Å²) in [4.78, 5) is 0. The summed E-state index contributed by atoms with van der Waals surface area (Å²) in [6, 6.07) is 7.71. The Balaban J connectivity index is 1.72. The Bertz CT molecular complexity index is 685. The number of hydrogen-bond acceptors (Lipinski definition) is 7. The zero-order chi connectivity index (χ0) is 19.6. The molecule has 27 heavy (non-hydrogen) atoms. The van der Waals surface area contributed by atoms with Crippen molar-refractivity contribution in [2.45, 2.75) is 19.3 Å². The minimum absolute atomic E-state index is 0.0243. The van der Waals surface area contributed by atoms with Gasteiger partial charge in [0.2, 0.25) is 5.75 Å². The highest BCUT2D eigenvalue weighted by atomic mass is 16.5. The number of hydrogen-bond donors (Lipinski definition) is 2. The van der Waals surface area contributed by atoms with E-state index in [1.54, 1.807) is 33.5 Å². The molecular weight excluding hydrogens is 352 g/mol. The molecule has 0 heterocycles.